The first-order chi connectivity index (χ1) is 12.0. The van der Waals surface area contributed by atoms with Crippen LogP contribution < -0.4 is 14.8 Å². The van der Waals surface area contributed by atoms with Crippen molar-refractivity contribution in [3.63, 3.8) is 0 Å². The maximum absolute atomic E-state index is 11.9. The minimum atomic E-state index is -0.181. The molecule has 0 aliphatic carbocycles. The number of hydrogen-bond acceptors (Lipinski definition) is 3. The van der Waals surface area contributed by atoms with Gasteiger partial charge in [0.05, 0.1) is 19.2 Å². The molecule has 0 radical (unpaired) electrons. The molecular formula is C19H19Cl2NO3. The molecule has 132 valence electrons. The van der Waals surface area contributed by atoms with Gasteiger partial charge in [-0.1, -0.05) is 35.3 Å². The summed E-state index contributed by atoms with van der Waals surface area (Å²) in [6, 6.07) is 11.0. The zero-order valence-corrected chi connectivity index (χ0v) is 15.5. The highest BCUT2D eigenvalue weighted by atomic mass is 35.5. The topological polar surface area (TPSA) is 47.6 Å². The number of halogens is 2. The molecule has 2 rings (SSSR count). The van der Waals surface area contributed by atoms with Crippen LogP contribution >= 0.6 is 23.2 Å². The quantitative estimate of drug-likeness (QED) is 0.725. The summed E-state index contributed by atoms with van der Waals surface area (Å²) >= 11 is 12.0. The molecule has 0 spiro atoms. The number of carbonyl (C=O) groups excluding carboxylic acids is 1. The minimum absolute atomic E-state index is 0.181. The van der Waals surface area contributed by atoms with Crippen molar-refractivity contribution in [1.82, 2.24) is 5.32 Å². The summed E-state index contributed by atoms with van der Waals surface area (Å²) in [4.78, 5) is 11.9. The molecular weight excluding hydrogens is 361 g/mol. The SMILES string of the molecule is COc1cc(/C=C/C(=O)NCCc2ccc(Cl)cc2)cc(Cl)c1OC. The lowest BCUT2D eigenvalue weighted by Gasteiger charge is -2.10. The molecule has 4 nitrogen and oxygen atoms in total. The van der Waals surface area contributed by atoms with E-state index in [4.69, 9.17) is 32.7 Å². The van der Waals surface area contributed by atoms with E-state index in [1.54, 1.807) is 18.2 Å². The van der Waals surface area contributed by atoms with Gasteiger partial charge in [-0.05, 0) is 47.9 Å². The van der Waals surface area contributed by atoms with Gasteiger partial charge >= 0.3 is 0 Å². The van der Waals surface area contributed by atoms with Crippen molar-refractivity contribution >= 4 is 35.2 Å². The number of carbonyl (C=O) groups is 1. The summed E-state index contributed by atoms with van der Waals surface area (Å²) in [7, 11) is 3.05. The van der Waals surface area contributed by atoms with Crippen LogP contribution in [0.5, 0.6) is 11.5 Å². The van der Waals surface area contributed by atoms with Crippen LogP contribution in [0.1, 0.15) is 11.1 Å². The first-order valence-electron chi connectivity index (χ1n) is 7.65. The standard InChI is InChI=1S/C19H19Cl2NO3/c1-24-17-12-14(11-16(21)19(17)25-2)5-8-18(23)22-10-9-13-3-6-15(20)7-4-13/h3-8,11-12H,9-10H2,1-2H3,(H,22,23)/b8-5+. The molecule has 2 aromatic rings. The number of hydrogen-bond donors (Lipinski definition) is 1. The number of nitrogens with one attached hydrogen (secondary N) is 1. The molecule has 6 heteroatoms. The predicted octanol–water partition coefficient (Wildman–Crippen LogP) is 4.38. The summed E-state index contributed by atoms with van der Waals surface area (Å²) in [5.74, 6) is 0.798. The summed E-state index contributed by atoms with van der Waals surface area (Å²) in [5.41, 5.74) is 1.86. The Morgan fingerprint density at radius 2 is 1.84 bits per heavy atom. The molecule has 0 atom stereocenters. The fourth-order valence-corrected chi connectivity index (χ4v) is 2.67. The number of ether oxygens (including phenoxy) is 2. The highest BCUT2D eigenvalue weighted by molar-refractivity contribution is 6.32. The Kier molecular flexibility index (Phi) is 7.16. The third-order valence-corrected chi connectivity index (χ3v) is 4.04. The van der Waals surface area contributed by atoms with Crippen molar-refractivity contribution in [3.05, 3.63) is 63.6 Å². The van der Waals surface area contributed by atoms with Gasteiger partial charge in [0.25, 0.3) is 0 Å². The lowest BCUT2D eigenvalue weighted by molar-refractivity contribution is -0.116. The summed E-state index contributed by atoms with van der Waals surface area (Å²) in [5, 5.41) is 3.95. The van der Waals surface area contributed by atoms with Crippen molar-refractivity contribution in [2.24, 2.45) is 0 Å². The molecule has 0 saturated heterocycles. The molecule has 0 fully saturated rings. The lowest BCUT2D eigenvalue weighted by atomic mass is 10.1. The highest BCUT2D eigenvalue weighted by Gasteiger charge is 2.09. The molecule has 0 heterocycles. The molecule has 0 aromatic heterocycles. The van der Waals surface area contributed by atoms with Crippen molar-refractivity contribution < 1.29 is 14.3 Å². The summed E-state index contributed by atoms with van der Waals surface area (Å²) < 4.78 is 10.4. The summed E-state index contributed by atoms with van der Waals surface area (Å²) in [6.45, 7) is 0.539. The normalized spacial score (nSPS) is 10.7. The van der Waals surface area contributed by atoms with E-state index in [9.17, 15) is 4.79 Å². The van der Waals surface area contributed by atoms with Gasteiger partial charge in [0.15, 0.2) is 11.5 Å². The molecule has 0 bridgehead atoms. The predicted molar refractivity (Wildman–Crippen MR) is 102 cm³/mol. The van der Waals surface area contributed by atoms with Gasteiger partial charge in [-0.3, -0.25) is 4.79 Å². The highest BCUT2D eigenvalue weighted by Crippen LogP contribution is 2.36. The Balaban J connectivity index is 1.91. The van der Waals surface area contributed by atoms with Crippen LogP contribution in [0.4, 0.5) is 0 Å². The van der Waals surface area contributed by atoms with Crippen LogP contribution in [0.2, 0.25) is 10.0 Å². The molecule has 2 aromatic carbocycles. The largest absolute Gasteiger partial charge is 0.493 e. The van der Waals surface area contributed by atoms with Crippen molar-refractivity contribution in [2.45, 2.75) is 6.42 Å². The molecule has 25 heavy (non-hydrogen) atoms. The third-order valence-electron chi connectivity index (χ3n) is 3.51. The van der Waals surface area contributed by atoms with Gasteiger partial charge < -0.3 is 14.8 Å². The van der Waals surface area contributed by atoms with Gasteiger partial charge in [-0.2, -0.15) is 0 Å². The smallest absolute Gasteiger partial charge is 0.244 e. The van der Waals surface area contributed by atoms with Crippen LogP contribution in [0.15, 0.2) is 42.5 Å². The Morgan fingerprint density at radius 3 is 2.48 bits per heavy atom. The second kappa shape index (κ2) is 9.35. The lowest BCUT2D eigenvalue weighted by Crippen LogP contribution is -2.23. The monoisotopic (exact) mass is 379 g/mol. The van der Waals surface area contributed by atoms with E-state index < -0.39 is 0 Å². The third kappa shape index (κ3) is 5.69. The van der Waals surface area contributed by atoms with Gasteiger partial charge in [-0.15, -0.1) is 0 Å². The van der Waals surface area contributed by atoms with Gasteiger partial charge in [0.1, 0.15) is 0 Å². The van der Waals surface area contributed by atoms with E-state index in [1.807, 2.05) is 24.3 Å². The zero-order valence-electron chi connectivity index (χ0n) is 14.0. The van der Waals surface area contributed by atoms with E-state index in [2.05, 4.69) is 5.32 Å². The van der Waals surface area contributed by atoms with Crippen LogP contribution in [0.3, 0.4) is 0 Å². The fraction of sp³-hybridized carbons (Fsp3) is 0.211. The fourth-order valence-electron chi connectivity index (χ4n) is 2.25. The number of amides is 1. The molecule has 0 aliphatic rings. The Morgan fingerprint density at radius 1 is 1.12 bits per heavy atom. The Bertz CT molecular complexity index is 758. The molecule has 0 unspecified atom stereocenters. The second-order valence-electron chi connectivity index (χ2n) is 5.24. The van der Waals surface area contributed by atoms with E-state index >= 15 is 0 Å². The number of benzene rings is 2. The van der Waals surface area contributed by atoms with Gasteiger partial charge in [-0.25, -0.2) is 0 Å². The number of rotatable bonds is 7. The molecule has 0 saturated carbocycles. The van der Waals surface area contributed by atoms with Crippen LogP contribution in [0.25, 0.3) is 6.08 Å². The molecule has 0 aliphatic heterocycles. The van der Waals surface area contributed by atoms with Crippen molar-refractivity contribution in [2.75, 3.05) is 20.8 Å². The van der Waals surface area contributed by atoms with Crippen LogP contribution in [0, 0.1) is 0 Å². The first-order valence-corrected chi connectivity index (χ1v) is 8.41. The minimum Gasteiger partial charge on any atom is -0.493 e. The second-order valence-corrected chi connectivity index (χ2v) is 6.08. The van der Waals surface area contributed by atoms with Crippen LogP contribution in [-0.4, -0.2) is 26.7 Å². The molecule has 1 N–H and O–H groups in total. The Hall–Kier alpha value is -2.17. The zero-order chi connectivity index (χ0) is 18.2. The van der Waals surface area contributed by atoms with Crippen molar-refractivity contribution in [1.29, 1.82) is 0 Å². The maximum Gasteiger partial charge on any atom is 0.244 e. The average Bonchev–Trinajstić information content (AvgIpc) is 2.61. The van der Waals surface area contributed by atoms with E-state index in [0.29, 0.717) is 28.1 Å². The maximum atomic E-state index is 11.9. The summed E-state index contributed by atoms with van der Waals surface area (Å²) in [6.07, 6.45) is 3.86. The van der Waals surface area contributed by atoms with Crippen LogP contribution in [-0.2, 0) is 11.2 Å². The average molecular weight is 380 g/mol. The first kappa shape index (κ1) is 19.2. The molecule has 1 amide bonds. The van der Waals surface area contributed by atoms with Crippen molar-refractivity contribution in [3.8, 4) is 11.5 Å². The van der Waals surface area contributed by atoms with Gasteiger partial charge in [0, 0.05) is 17.6 Å². The van der Waals surface area contributed by atoms with Gasteiger partial charge in [0.2, 0.25) is 5.91 Å². The van der Waals surface area contributed by atoms with E-state index in [0.717, 1.165) is 17.5 Å². The Labute approximate surface area is 157 Å². The van der Waals surface area contributed by atoms with E-state index in [1.165, 1.54) is 20.3 Å². The number of methoxy groups -OCH3 is 2. The van der Waals surface area contributed by atoms with E-state index in [-0.39, 0.29) is 5.91 Å².